The van der Waals surface area contributed by atoms with E-state index in [1.807, 2.05) is 29.2 Å². The summed E-state index contributed by atoms with van der Waals surface area (Å²) in [7, 11) is 0. The van der Waals surface area contributed by atoms with Gasteiger partial charge in [0, 0.05) is 25.1 Å². The average molecular weight is 397 g/mol. The van der Waals surface area contributed by atoms with Crippen molar-refractivity contribution in [3.63, 3.8) is 0 Å². The van der Waals surface area contributed by atoms with E-state index in [0.29, 0.717) is 50.5 Å². The van der Waals surface area contributed by atoms with Crippen LogP contribution in [-0.2, 0) is 4.79 Å². The van der Waals surface area contributed by atoms with Crippen molar-refractivity contribution in [3.8, 4) is 11.5 Å². The monoisotopic (exact) mass is 397 g/mol. The quantitative estimate of drug-likeness (QED) is 0.616. The second-order valence-electron chi connectivity index (χ2n) is 7.25. The van der Waals surface area contributed by atoms with Gasteiger partial charge in [-0.15, -0.1) is 0 Å². The van der Waals surface area contributed by atoms with E-state index in [0.717, 1.165) is 5.75 Å². The molecule has 0 radical (unpaired) electrons. The van der Waals surface area contributed by atoms with Gasteiger partial charge in [0.2, 0.25) is 5.91 Å². The van der Waals surface area contributed by atoms with Gasteiger partial charge in [-0.3, -0.25) is 14.9 Å². The Hall–Kier alpha value is -3.29. The third-order valence-corrected chi connectivity index (χ3v) is 5.36. The van der Waals surface area contributed by atoms with Gasteiger partial charge in [0.1, 0.15) is 18.4 Å². The maximum atomic E-state index is 12.6. The SMILES string of the molecule is O=C(NC[C@@H]1COc2ccccc2O1)C1CCN(c2ccccc2[N+](=O)[O-])CC1. The van der Waals surface area contributed by atoms with Crippen LogP contribution in [0.3, 0.4) is 0 Å². The average Bonchev–Trinajstić information content (AvgIpc) is 2.77. The van der Waals surface area contributed by atoms with E-state index in [1.165, 1.54) is 6.07 Å². The number of rotatable bonds is 5. The Morgan fingerprint density at radius 2 is 1.79 bits per heavy atom. The summed E-state index contributed by atoms with van der Waals surface area (Å²) in [6.45, 7) is 2.00. The fourth-order valence-corrected chi connectivity index (χ4v) is 3.79. The van der Waals surface area contributed by atoms with Crippen molar-refractivity contribution in [2.45, 2.75) is 18.9 Å². The van der Waals surface area contributed by atoms with Gasteiger partial charge < -0.3 is 19.7 Å². The first-order valence-electron chi connectivity index (χ1n) is 9.76. The van der Waals surface area contributed by atoms with Crippen LogP contribution in [0.1, 0.15) is 12.8 Å². The third kappa shape index (κ3) is 4.26. The maximum Gasteiger partial charge on any atom is 0.292 e. The zero-order chi connectivity index (χ0) is 20.2. The summed E-state index contributed by atoms with van der Waals surface area (Å²) < 4.78 is 11.5. The lowest BCUT2D eigenvalue weighted by Crippen LogP contribution is -2.45. The Morgan fingerprint density at radius 3 is 2.55 bits per heavy atom. The molecule has 1 atom stereocenters. The predicted octanol–water partition coefficient (Wildman–Crippen LogP) is 2.77. The number of piperidine rings is 1. The van der Waals surface area contributed by atoms with Crippen LogP contribution < -0.4 is 19.7 Å². The maximum absolute atomic E-state index is 12.6. The lowest BCUT2D eigenvalue weighted by Gasteiger charge is -2.33. The number of fused-ring (bicyclic) bond motifs is 1. The van der Waals surface area contributed by atoms with E-state index < -0.39 is 0 Å². The molecule has 1 amide bonds. The van der Waals surface area contributed by atoms with Gasteiger partial charge in [0.05, 0.1) is 11.5 Å². The number of nitro groups is 1. The molecule has 2 heterocycles. The van der Waals surface area contributed by atoms with E-state index >= 15 is 0 Å². The molecular formula is C21H23N3O5. The first-order chi connectivity index (χ1) is 14.1. The zero-order valence-corrected chi connectivity index (χ0v) is 16.0. The summed E-state index contributed by atoms with van der Waals surface area (Å²) >= 11 is 0. The molecule has 2 aromatic carbocycles. The van der Waals surface area contributed by atoms with Gasteiger partial charge in [-0.05, 0) is 31.0 Å². The van der Waals surface area contributed by atoms with Gasteiger partial charge >= 0.3 is 0 Å². The van der Waals surface area contributed by atoms with E-state index in [2.05, 4.69) is 5.32 Å². The molecule has 4 rings (SSSR count). The standard InChI is InChI=1S/C21H23N3O5/c25-21(22-13-16-14-28-19-7-3-4-8-20(19)29-16)15-9-11-23(12-10-15)17-5-1-2-6-18(17)24(26)27/h1-8,15-16H,9-14H2,(H,22,25)/t16-/m1/s1. The molecule has 0 unspecified atom stereocenters. The Kier molecular flexibility index (Phi) is 5.50. The molecule has 2 aromatic rings. The Bertz CT molecular complexity index is 895. The second-order valence-corrected chi connectivity index (χ2v) is 7.25. The summed E-state index contributed by atoms with van der Waals surface area (Å²) in [4.78, 5) is 25.4. The minimum atomic E-state index is -0.363. The number of hydrogen-bond acceptors (Lipinski definition) is 6. The van der Waals surface area contributed by atoms with Gasteiger partial charge in [-0.1, -0.05) is 24.3 Å². The summed E-state index contributed by atoms with van der Waals surface area (Å²) in [5.41, 5.74) is 0.716. The number of nitro benzene ring substituents is 1. The molecule has 29 heavy (non-hydrogen) atoms. The topological polar surface area (TPSA) is 93.9 Å². The number of nitrogens with one attached hydrogen (secondary N) is 1. The molecule has 8 nitrogen and oxygen atoms in total. The van der Waals surface area contributed by atoms with E-state index in [9.17, 15) is 14.9 Å². The minimum absolute atomic E-state index is 0.00494. The number of carbonyl (C=O) groups excluding carboxylic acids is 1. The number of carbonyl (C=O) groups is 1. The van der Waals surface area contributed by atoms with Crippen molar-refractivity contribution in [2.24, 2.45) is 5.92 Å². The summed E-state index contributed by atoms with van der Waals surface area (Å²) in [5.74, 6) is 1.30. The Morgan fingerprint density at radius 1 is 1.10 bits per heavy atom. The molecule has 0 saturated carbocycles. The highest BCUT2D eigenvalue weighted by Gasteiger charge is 2.29. The highest BCUT2D eigenvalue weighted by atomic mass is 16.6. The van der Waals surface area contributed by atoms with Crippen molar-refractivity contribution >= 4 is 17.3 Å². The molecule has 2 aliphatic rings. The molecule has 2 aliphatic heterocycles. The fraction of sp³-hybridized carbons (Fsp3) is 0.381. The molecule has 0 bridgehead atoms. The highest BCUT2D eigenvalue weighted by molar-refractivity contribution is 5.79. The van der Waals surface area contributed by atoms with E-state index in [-0.39, 0.29) is 28.5 Å². The molecular weight excluding hydrogens is 374 g/mol. The van der Waals surface area contributed by atoms with Crippen molar-refractivity contribution in [1.29, 1.82) is 0 Å². The Labute approximate surface area is 168 Å². The number of nitrogens with zero attached hydrogens (tertiary/aromatic N) is 2. The molecule has 152 valence electrons. The van der Waals surface area contributed by atoms with Crippen molar-refractivity contribution in [1.82, 2.24) is 5.32 Å². The highest BCUT2D eigenvalue weighted by Crippen LogP contribution is 2.32. The van der Waals surface area contributed by atoms with Crippen LogP contribution in [0.25, 0.3) is 0 Å². The molecule has 8 heteroatoms. The van der Waals surface area contributed by atoms with Crippen LogP contribution in [0, 0.1) is 16.0 Å². The number of amides is 1. The van der Waals surface area contributed by atoms with E-state index in [4.69, 9.17) is 9.47 Å². The third-order valence-electron chi connectivity index (χ3n) is 5.36. The number of ether oxygens (including phenoxy) is 2. The first kappa shape index (κ1) is 19.0. The van der Waals surface area contributed by atoms with Gasteiger partial charge in [-0.2, -0.15) is 0 Å². The predicted molar refractivity (Wildman–Crippen MR) is 107 cm³/mol. The summed E-state index contributed by atoms with van der Waals surface area (Å²) in [6, 6.07) is 14.2. The normalized spacial score (nSPS) is 18.9. The van der Waals surface area contributed by atoms with Crippen LogP contribution in [0.5, 0.6) is 11.5 Å². The molecule has 1 saturated heterocycles. The summed E-state index contributed by atoms with van der Waals surface area (Å²) in [6.07, 6.45) is 1.09. The number of para-hydroxylation sites is 4. The van der Waals surface area contributed by atoms with Crippen LogP contribution >= 0.6 is 0 Å². The van der Waals surface area contributed by atoms with Gasteiger partial charge in [0.15, 0.2) is 11.5 Å². The lowest BCUT2D eigenvalue weighted by atomic mass is 9.95. The molecule has 0 spiro atoms. The molecule has 1 N–H and O–H groups in total. The van der Waals surface area contributed by atoms with Crippen molar-refractivity contribution < 1.29 is 19.2 Å². The number of benzene rings is 2. The largest absolute Gasteiger partial charge is 0.486 e. The van der Waals surface area contributed by atoms with Crippen LogP contribution in [0.2, 0.25) is 0 Å². The van der Waals surface area contributed by atoms with Crippen molar-refractivity contribution in [2.75, 3.05) is 31.1 Å². The number of hydrogen-bond donors (Lipinski definition) is 1. The van der Waals surface area contributed by atoms with Gasteiger partial charge in [-0.25, -0.2) is 0 Å². The van der Waals surface area contributed by atoms with Crippen LogP contribution in [0.4, 0.5) is 11.4 Å². The van der Waals surface area contributed by atoms with Crippen LogP contribution in [0.15, 0.2) is 48.5 Å². The molecule has 0 aromatic heterocycles. The second kappa shape index (κ2) is 8.38. The minimum Gasteiger partial charge on any atom is -0.486 e. The fourth-order valence-electron chi connectivity index (χ4n) is 3.79. The van der Waals surface area contributed by atoms with Gasteiger partial charge in [0.25, 0.3) is 5.69 Å². The molecule has 1 fully saturated rings. The van der Waals surface area contributed by atoms with Crippen LogP contribution in [-0.4, -0.2) is 43.2 Å². The Balaban J connectivity index is 1.27. The number of anilines is 1. The summed E-state index contributed by atoms with van der Waals surface area (Å²) in [5, 5.41) is 14.2. The lowest BCUT2D eigenvalue weighted by molar-refractivity contribution is -0.384. The smallest absolute Gasteiger partial charge is 0.292 e. The first-order valence-corrected chi connectivity index (χ1v) is 9.76. The van der Waals surface area contributed by atoms with E-state index in [1.54, 1.807) is 18.2 Å². The zero-order valence-electron chi connectivity index (χ0n) is 16.0. The van der Waals surface area contributed by atoms with Crippen molar-refractivity contribution in [3.05, 3.63) is 58.6 Å². The molecule has 0 aliphatic carbocycles.